The van der Waals surface area contributed by atoms with Crippen LogP contribution in [0, 0.1) is 6.92 Å². The molecule has 0 aliphatic carbocycles. The maximum absolute atomic E-state index is 5.32. The summed E-state index contributed by atoms with van der Waals surface area (Å²) in [6, 6.07) is 14.1. The van der Waals surface area contributed by atoms with Crippen molar-refractivity contribution in [3.63, 3.8) is 0 Å². The summed E-state index contributed by atoms with van der Waals surface area (Å²) < 4.78 is 5.32. The van der Waals surface area contributed by atoms with Crippen LogP contribution in [-0.4, -0.2) is 17.2 Å². The smallest absolute Gasteiger partial charge is 0.266 e. The van der Waals surface area contributed by atoms with E-state index in [2.05, 4.69) is 29.2 Å². The van der Waals surface area contributed by atoms with Crippen LogP contribution in [-0.2, 0) is 6.54 Å². The molecule has 20 heavy (non-hydrogen) atoms. The van der Waals surface area contributed by atoms with Crippen molar-refractivity contribution < 1.29 is 4.52 Å². The van der Waals surface area contributed by atoms with Gasteiger partial charge in [0.1, 0.15) is 0 Å². The Labute approximate surface area is 121 Å². The summed E-state index contributed by atoms with van der Waals surface area (Å²) in [4.78, 5) is 9.02. The molecule has 0 aliphatic rings. The van der Waals surface area contributed by atoms with E-state index in [1.165, 1.54) is 9.75 Å². The Kier molecular flexibility index (Phi) is 3.52. The molecule has 3 aromatic rings. The third kappa shape index (κ3) is 2.72. The highest BCUT2D eigenvalue weighted by atomic mass is 32.1. The van der Waals surface area contributed by atoms with E-state index in [4.69, 9.17) is 4.52 Å². The Balaban J connectivity index is 1.76. The van der Waals surface area contributed by atoms with Crippen LogP contribution in [0.25, 0.3) is 11.5 Å². The first-order valence-electron chi connectivity index (χ1n) is 6.38. The van der Waals surface area contributed by atoms with E-state index in [0.29, 0.717) is 11.8 Å². The quantitative estimate of drug-likeness (QED) is 0.732. The first-order chi connectivity index (χ1) is 9.72. The molecule has 5 heteroatoms. The van der Waals surface area contributed by atoms with Crippen LogP contribution in [0.15, 0.2) is 47.0 Å². The molecule has 0 unspecified atom stereocenters. The number of nitrogens with zero attached hydrogens (tertiary/aromatic N) is 3. The van der Waals surface area contributed by atoms with Gasteiger partial charge >= 0.3 is 0 Å². The number of anilines is 1. The van der Waals surface area contributed by atoms with Gasteiger partial charge < -0.3 is 9.42 Å². The molecule has 3 rings (SSSR count). The number of thiophene rings is 1. The zero-order valence-corrected chi connectivity index (χ0v) is 12.2. The molecule has 4 nitrogen and oxygen atoms in total. The summed E-state index contributed by atoms with van der Waals surface area (Å²) >= 11 is 1.79. The zero-order valence-electron chi connectivity index (χ0n) is 11.4. The second-order valence-corrected chi connectivity index (χ2v) is 6.01. The van der Waals surface area contributed by atoms with Gasteiger partial charge in [0.05, 0.1) is 6.54 Å². The van der Waals surface area contributed by atoms with Crippen LogP contribution < -0.4 is 4.90 Å². The van der Waals surface area contributed by atoms with Crippen molar-refractivity contribution >= 4 is 17.3 Å². The number of hydrogen-bond donors (Lipinski definition) is 0. The SMILES string of the molecule is Cc1ccc(CN(C)c2noc(-c3ccccc3)n2)s1. The van der Waals surface area contributed by atoms with Crippen molar-refractivity contribution in [1.82, 2.24) is 10.1 Å². The molecule has 2 aromatic heterocycles. The standard InChI is InChI=1S/C15H15N3OS/c1-11-8-9-13(20-11)10-18(2)15-16-14(19-17-15)12-6-4-3-5-7-12/h3-9H,10H2,1-2H3. The van der Waals surface area contributed by atoms with Crippen molar-refractivity contribution in [2.45, 2.75) is 13.5 Å². The van der Waals surface area contributed by atoms with Gasteiger partial charge in [-0.05, 0) is 36.3 Å². The molecule has 102 valence electrons. The lowest BCUT2D eigenvalue weighted by Crippen LogP contribution is -2.16. The average molecular weight is 285 g/mol. The van der Waals surface area contributed by atoms with Gasteiger partial charge in [-0.15, -0.1) is 11.3 Å². The predicted octanol–water partition coefficient (Wildman–Crippen LogP) is 3.74. The molecule has 0 spiro atoms. The normalized spacial score (nSPS) is 10.7. The zero-order chi connectivity index (χ0) is 13.9. The number of aryl methyl sites for hydroxylation is 1. The topological polar surface area (TPSA) is 42.2 Å². The molecular weight excluding hydrogens is 270 g/mol. The van der Waals surface area contributed by atoms with Crippen LogP contribution in [0.5, 0.6) is 0 Å². The van der Waals surface area contributed by atoms with Gasteiger partial charge in [-0.3, -0.25) is 0 Å². The monoisotopic (exact) mass is 285 g/mol. The van der Waals surface area contributed by atoms with Crippen molar-refractivity contribution in [2.24, 2.45) is 0 Å². The molecule has 2 heterocycles. The van der Waals surface area contributed by atoms with Crippen LogP contribution in [0.4, 0.5) is 5.95 Å². The predicted molar refractivity (Wildman–Crippen MR) is 80.9 cm³/mol. The van der Waals surface area contributed by atoms with E-state index < -0.39 is 0 Å². The molecule has 0 saturated heterocycles. The second-order valence-electron chi connectivity index (χ2n) is 4.63. The molecule has 0 amide bonds. The Morgan fingerprint density at radius 1 is 1.15 bits per heavy atom. The highest BCUT2D eigenvalue weighted by Gasteiger charge is 2.12. The van der Waals surface area contributed by atoms with Crippen LogP contribution in [0.3, 0.4) is 0 Å². The Morgan fingerprint density at radius 2 is 1.95 bits per heavy atom. The average Bonchev–Trinajstić information content (AvgIpc) is 3.09. The third-order valence-electron chi connectivity index (χ3n) is 2.97. The lowest BCUT2D eigenvalue weighted by molar-refractivity contribution is 0.430. The molecule has 1 aromatic carbocycles. The number of benzene rings is 1. The van der Waals surface area contributed by atoms with Gasteiger partial charge in [0, 0.05) is 22.4 Å². The fourth-order valence-corrected chi connectivity index (χ4v) is 2.89. The van der Waals surface area contributed by atoms with Gasteiger partial charge in [-0.2, -0.15) is 4.98 Å². The minimum atomic E-state index is 0.551. The van der Waals surface area contributed by atoms with Crippen LogP contribution >= 0.6 is 11.3 Å². The molecular formula is C15H15N3OS. The van der Waals surface area contributed by atoms with Gasteiger partial charge in [0.25, 0.3) is 11.8 Å². The molecule has 0 aliphatic heterocycles. The lowest BCUT2D eigenvalue weighted by Gasteiger charge is -2.12. The van der Waals surface area contributed by atoms with Gasteiger partial charge in [-0.1, -0.05) is 18.2 Å². The van der Waals surface area contributed by atoms with E-state index >= 15 is 0 Å². The minimum Gasteiger partial charge on any atom is -0.336 e. The summed E-state index contributed by atoms with van der Waals surface area (Å²) in [5.41, 5.74) is 0.937. The van der Waals surface area contributed by atoms with E-state index in [1.807, 2.05) is 42.3 Å². The Bertz CT molecular complexity index is 690. The largest absolute Gasteiger partial charge is 0.336 e. The molecule has 0 N–H and O–H groups in total. The van der Waals surface area contributed by atoms with E-state index in [9.17, 15) is 0 Å². The summed E-state index contributed by atoms with van der Waals surface area (Å²) in [6.07, 6.45) is 0. The molecule has 0 atom stereocenters. The number of hydrogen-bond acceptors (Lipinski definition) is 5. The molecule has 0 saturated carbocycles. The van der Waals surface area contributed by atoms with Crippen LogP contribution in [0.1, 0.15) is 9.75 Å². The number of rotatable bonds is 4. The molecule has 0 radical (unpaired) electrons. The van der Waals surface area contributed by atoms with Crippen molar-refractivity contribution in [1.29, 1.82) is 0 Å². The van der Waals surface area contributed by atoms with E-state index in [-0.39, 0.29) is 0 Å². The first kappa shape index (κ1) is 12.9. The minimum absolute atomic E-state index is 0.551. The van der Waals surface area contributed by atoms with Crippen LogP contribution in [0.2, 0.25) is 0 Å². The van der Waals surface area contributed by atoms with Crippen molar-refractivity contribution in [3.05, 3.63) is 52.2 Å². The molecule has 0 fully saturated rings. The summed E-state index contributed by atoms with van der Waals surface area (Å²) in [7, 11) is 1.97. The van der Waals surface area contributed by atoms with Gasteiger partial charge in [-0.25, -0.2) is 0 Å². The van der Waals surface area contributed by atoms with Gasteiger partial charge in [0.15, 0.2) is 0 Å². The second kappa shape index (κ2) is 5.46. The third-order valence-corrected chi connectivity index (χ3v) is 3.95. The van der Waals surface area contributed by atoms with E-state index in [1.54, 1.807) is 11.3 Å². The first-order valence-corrected chi connectivity index (χ1v) is 7.19. The van der Waals surface area contributed by atoms with Crippen molar-refractivity contribution in [2.75, 3.05) is 11.9 Å². The fraction of sp³-hybridized carbons (Fsp3) is 0.200. The molecule has 0 bridgehead atoms. The maximum atomic E-state index is 5.32. The van der Waals surface area contributed by atoms with Crippen molar-refractivity contribution in [3.8, 4) is 11.5 Å². The fourth-order valence-electron chi connectivity index (χ4n) is 1.94. The van der Waals surface area contributed by atoms with Gasteiger partial charge in [0.2, 0.25) is 0 Å². The Morgan fingerprint density at radius 3 is 2.65 bits per heavy atom. The lowest BCUT2D eigenvalue weighted by atomic mass is 10.2. The summed E-state index contributed by atoms with van der Waals surface area (Å²) in [5.74, 6) is 1.16. The summed E-state index contributed by atoms with van der Waals surface area (Å²) in [6.45, 7) is 2.89. The Hall–Kier alpha value is -2.14. The highest BCUT2D eigenvalue weighted by molar-refractivity contribution is 7.11. The highest BCUT2D eigenvalue weighted by Crippen LogP contribution is 2.22. The number of aromatic nitrogens is 2. The summed E-state index contributed by atoms with van der Waals surface area (Å²) in [5, 5.41) is 4.04. The maximum Gasteiger partial charge on any atom is 0.266 e. The van der Waals surface area contributed by atoms with E-state index in [0.717, 1.165) is 12.1 Å².